The smallest absolute Gasteiger partial charge is 0.138 e. The number of benzene rings is 1. The van der Waals surface area contributed by atoms with Crippen molar-refractivity contribution in [2.24, 2.45) is 7.05 Å². The van der Waals surface area contributed by atoms with Crippen LogP contribution >= 0.6 is 11.6 Å². The lowest BCUT2D eigenvalue weighted by Gasteiger charge is -2.06. The Morgan fingerprint density at radius 3 is 2.82 bits per heavy atom. The monoisotopic (exact) mass is 308 g/mol. The van der Waals surface area contributed by atoms with Gasteiger partial charge in [-0.25, -0.2) is 4.98 Å². The van der Waals surface area contributed by atoms with Crippen molar-refractivity contribution in [1.29, 1.82) is 0 Å². The maximum atomic E-state index is 6.14. The summed E-state index contributed by atoms with van der Waals surface area (Å²) in [7, 11) is 1.91. The Labute approximate surface area is 132 Å². The Bertz CT molecular complexity index is 968. The molecule has 0 radical (unpaired) electrons. The molecule has 1 N–H and O–H groups in total. The van der Waals surface area contributed by atoms with E-state index in [-0.39, 0.29) is 0 Å². The van der Waals surface area contributed by atoms with Crippen LogP contribution in [-0.2, 0) is 7.05 Å². The van der Waals surface area contributed by atoms with E-state index in [0.29, 0.717) is 0 Å². The van der Waals surface area contributed by atoms with Crippen molar-refractivity contribution in [3.63, 3.8) is 0 Å². The van der Waals surface area contributed by atoms with Crippen LogP contribution in [0.15, 0.2) is 55.1 Å². The number of hydrogen-bond acceptors (Lipinski definition) is 2. The van der Waals surface area contributed by atoms with Crippen molar-refractivity contribution in [3.05, 3.63) is 60.1 Å². The second-order valence-electron chi connectivity index (χ2n) is 5.20. The normalized spacial score (nSPS) is 11.2. The van der Waals surface area contributed by atoms with Gasteiger partial charge >= 0.3 is 0 Å². The van der Waals surface area contributed by atoms with Crippen LogP contribution in [0.25, 0.3) is 33.3 Å². The van der Waals surface area contributed by atoms with E-state index in [0.717, 1.165) is 38.3 Å². The van der Waals surface area contributed by atoms with Gasteiger partial charge in [0.05, 0.1) is 6.20 Å². The zero-order chi connectivity index (χ0) is 15.1. The van der Waals surface area contributed by atoms with Crippen LogP contribution in [0.1, 0.15) is 0 Å². The third-order valence-corrected chi connectivity index (χ3v) is 3.96. The van der Waals surface area contributed by atoms with Gasteiger partial charge < -0.3 is 4.98 Å². The number of rotatable bonds is 2. The molecule has 1 aromatic carbocycles. The number of hydrogen-bond donors (Lipinski definition) is 1. The van der Waals surface area contributed by atoms with Gasteiger partial charge in [-0.05, 0) is 29.3 Å². The Morgan fingerprint density at radius 2 is 2.05 bits per heavy atom. The Balaban J connectivity index is 2.01. The first-order valence-corrected chi connectivity index (χ1v) is 7.31. The molecule has 0 amide bonds. The Hall–Kier alpha value is -2.59. The molecular formula is C17H13ClN4. The molecule has 4 aromatic rings. The molecule has 0 aliphatic heterocycles. The second kappa shape index (κ2) is 5.00. The largest absolute Gasteiger partial charge is 0.345 e. The summed E-state index contributed by atoms with van der Waals surface area (Å²) in [5.74, 6) is 0. The molecular weight excluding hydrogens is 296 g/mol. The Morgan fingerprint density at radius 1 is 1.14 bits per heavy atom. The summed E-state index contributed by atoms with van der Waals surface area (Å²) in [5.41, 5.74) is 5.18. The molecule has 4 rings (SSSR count). The molecule has 3 aromatic heterocycles. The van der Waals surface area contributed by atoms with Crippen LogP contribution < -0.4 is 0 Å². The second-order valence-corrected chi connectivity index (χ2v) is 5.63. The highest BCUT2D eigenvalue weighted by molar-refractivity contribution is 6.31. The highest BCUT2D eigenvalue weighted by Gasteiger charge is 2.13. The molecule has 4 nitrogen and oxygen atoms in total. The molecule has 0 bridgehead atoms. The molecule has 0 saturated carbocycles. The number of pyridine rings is 1. The summed E-state index contributed by atoms with van der Waals surface area (Å²) in [4.78, 5) is 7.67. The van der Waals surface area contributed by atoms with Crippen molar-refractivity contribution in [2.75, 3.05) is 0 Å². The maximum Gasteiger partial charge on any atom is 0.138 e. The van der Waals surface area contributed by atoms with Crippen LogP contribution in [0.2, 0.25) is 5.02 Å². The lowest BCUT2D eigenvalue weighted by Crippen LogP contribution is -1.85. The quantitative estimate of drug-likeness (QED) is 0.600. The summed E-state index contributed by atoms with van der Waals surface area (Å²) in [5, 5.41) is 6.06. The number of fused-ring (bicyclic) bond motifs is 1. The first-order chi connectivity index (χ1) is 10.7. The van der Waals surface area contributed by atoms with Gasteiger partial charge in [-0.1, -0.05) is 23.7 Å². The third kappa shape index (κ3) is 2.09. The van der Waals surface area contributed by atoms with Crippen molar-refractivity contribution < 1.29 is 0 Å². The number of aromatic amines is 1. The topological polar surface area (TPSA) is 46.5 Å². The van der Waals surface area contributed by atoms with Crippen LogP contribution in [0.5, 0.6) is 0 Å². The lowest BCUT2D eigenvalue weighted by atomic mass is 9.99. The molecule has 0 fully saturated rings. The summed E-state index contributed by atoms with van der Waals surface area (Å²) in [6.07, 6.45) is 7.64. The summed E-state index contributed by atoms with van der Waals surface area (Å²) < 4.78 is 1.80. The fourth-order valence-electron chi connectivity index (χ4n) is 2.74. The minimum absolute atomic E-state index is 0.723. The fraction of sp³-hybridized carbons (Fsp3) is 0.0588. The van der Waals surface area contributed by atoms with Crippen LogP contribution in [0.4, 0.5) is 0 Å². The molecule has 5 heteroatoms. The molecule has 22 heavy (non-hydrogen) atoms. The lowest BCUT2D eigenvalue weighted by molar-refractivity contribution is 0.768. The van der Waals surface area contributed by atoms with Crippen LogP contribution in [0, 0.1) is 0 Å². The van der Waals surface area contributed by atoms with Gasteiger partial charge in [0.1, 0.15) is 5.65 Å². The van der Waals surface area contributed by atoms with Gasteiger partial charge in [-0.15, -0.1) is 0 Å². The molecule has 108 valence electrons. The van der Waals surface area contributed by atoms with Gasteiger partial charge in [0.2, 0.25) is 0 Å². The van der Waals surface area contributed by atoms with E-state index in [2.05, 4.69) is 21.1 Å². The SMILES string of the molecule is Cn1cc(-c2c[nH]c3nccc(-c4cccc(Cl)c4)c23)cn1. The third-order valence-electron chi connectivity index (χ3n) is 3.73. The van der Waals surface area contributed by atoms with E-state index in [1.54, 1.807) is 4.68 Å². The number of nitrogens with zero attached hydrogens (tertiary/aromatic N) is 3. The molecule has 0 atom stereocenters. The van der Waals surface area contributed by atoms with Gasteiger partial charge in [0.25, 0.3) is 0 Å². The van der Waals surface area contributed by atoms with Gasteiger partial charge in [0, 0.05) is 47.2 Å². The van der Waals surface area contributed by atoms with E-state index in [1.165, 1.54) is 0 Å². The molecule has 0 aliphatic rings. The average molecular weight is 309 g/mol. The molecule has 3 heterocycles. The minimum atomic E-state index is 0.723. The summed E-state index contributed by atoms with van der Waals surface area (Å²) in [6, 6.07) is 9.88. The van der Waals surface area contributed by atoms with Crippen molar-refractivity contribution >= 4 is 22.6 Å². The summed E-state index contributed by atoms with van der Waals surface area (Å²) in [6.45, 7) is 0. The Kier molecular flexibility index (Phi) is 2.98. The van der Waals surface area contributed by atoms with Crippen molar-refractivity contribution in [3.8, 4) is 22.3 Å². The van der Waals surface area contributed by atoms with E-state index in [1.807, 2.05) is 56.1 Å². The van der Waals surface area contributed by atoms with E-state index in [4.69, 9.17) is 11.6 Å². The van der Waals surface area contributed by atoms with E-state index >= 15 is 0 Å². The predicted octanol–water partition coefficient (Wildman–Crippen LogP) is 4.28. The molecule has 0 unspecified atom stereocenters. The van der Waals surface area contributed by atoms with Crippen molar-refractivity contribution in [1.82, 2.24) is 19.7 Å². The predicted molar refractivity (Wildman–Crippen MR) is 88.7 cm³/mol. The highest BCUT2D eigenvalue weighted by atomic mass is 35.5. The maximum absolute atomic E-state index is 6.14. The summed E-state index contributed by atoms with van der Waals surface area (Å²) >= 11 is 6.14. The molecule has 0 spiro atoms. The fourth-order valence-corrected chi connectivity index (χ4v) is 2.93. The highest BCUT2D eigenvalue weighted by Crippen LogP contribution is 2.35. The van der Waals surface area contributed by atoms with E-state index in [9.17, 15) is 0 Å². The number of aryl methyl sites for hydroxylation is 1. The zero-order valence-electron chi connectivity index (χ0n) is 11.9. The minimum Gasteiger partial charge on any atom is -0.345 e. The van der Waals surface area contributed by atoms with Crippen LogP contribution in [-0.4, -0.2) is 19.7 Å². The number of H-pyrrole nitrogens is 1. The standard InChI is InChI=1S/C17H13ClN4/c1-22-10-12(8-21-22)15-9-20-17-16(15)14(5-6-19-17)11-3-2-4-13(18)7-11/h2-10H,1H3,(H,19,20). The van der Waals surface area contributed by atoms with Gasteiger partial charge in [-0.3, -0.25) is 4.68 Å². The van der Waals surface area contributed by atoms with Gasteiger partial charge in [0.15, 0.2) is 0 Å². The molecule has 0 saturated heterocycles. The average Bonchev–Trinajstić information content (AvgIpc) is 3.12. The molecule has 0 aliphatic carbocycles. The number of halogens is 1. The number of nitrogens with one attached hydrogen (secondary N) is 1. The van der Waals surface area contributed by atoms with Crippen LogP contribution in [0.3, 0.4) is 0 Å². The first-order valence-electron chi connectivity index (χ1n) is 6.93. The first kappa shape index (κ1) is 13.1. The number of aromatic nitrogens is 4. The van der Waals surface area contributed by atoms with Gasteiger partial charge in [-0.2, -0.15) is 5.10 Å². The van der Waals surface area contributed by atoms with E-state index < -0.39 is 0 Å². The zero-order valence-corrected chi connectivity index (χ0v) is 12.7. The van der Waals surface area contributed by atoms with Crippen molar-refractivity contribution in [2.45, 2.75) is 0 Å².